The molecule has 0 radical (unpaired) electrons. The molecule has 1 aromatic carbocycles. The molecule has 1 aliphatic rings. The first-order valence-corrected chi connectivity index (χ1v) is 10.1. The maximum atomic E-state index is 12.5. The minimum atomic E-state index is -0.998. The molecule has 0 spiro atoms. The van der Waals surface area contributed by atoms with Gasteiger partial charge in [0.1, 0.15) is 11.8 Å². The van der Waals surface area contributed by atoms with Crippen LogP contribution < -0.4 is 4.74 Å². The van der Waals surface area contributed by atoms with E-state index in [1.165, 1.54) is 14.0 Å². The van der Waals surface area contributed by atoms with Gasteiger partial charge in [0.15, 0.2) is 6.61 Å². The van der Waals surface area contributed by atoms with Crippen molar-refractivity contribution in [3.8, 4) is 5.75 Å². The summed E-state index contributed by atoms with van der Waals surface area (Å²) in [6.45, 7) is 3.23. The molecule has 2 amide bonds. The van der Waals surface area contributed by atoms with Crippen LogP contribution in [0.25, 0.3) is 6.08 Å². The second kappa shape index (κ2) is 9.92. The largest absolute Gasteiger partial charge is 0.481 e. The zero-order valence-corrected chi connectivity index (χ0v) is 18.4. The van der Waals surface area contributed by atoms with Gasteiger partial charge in [-0.25, -0.2) is 9.59 Å². The van der Waals surface area contributed by atoms with Gasteiger partial charge in [0.05, 0.1) is 22.2 Å². The Labute approximate surface area is 179 Å². The van der Waals surface area contributed by atoms with Gasteiger partial charge in [0, 0.05) is 0 Å². The summed E-state index contributed by atoms with van der Waals surface area (Å²) in [7, 11) is 1.20. The number of thioether (sulfide) groups is 1. The third kappa shape index (κ3) is 5.25. The highest BCUT2D eigenvalue weighted by Gasteiger charge is 2.41. The average molecular weight is 519 g/mol. The van der Waals surface area contributed by atoms with Gasteiger partial charge in [-0.3, -0.25) is 14.5 Å². The van der Waals surface area contributed by atoms with Crippen molar-refractivity contribution in [2.45, 2.75) is 19.9 Å². The smallest absolute Gasteiger partial charge is 0.344 e. The first-order valence-electron chi connectivity index (χ1n) is 8.21. The van der Waals surface area contributed by atoms with E-state index in [0.29, 0.717) is 11.3 Å². The number of carbonyl (C=O) groups excluding carboxylic acids is 4. The first-order chi connectivity index (χ1) is 13.3. The molecule has 1 aromatic rings. The van der Waals surface area contributed by atoms with Crippen LogP contribution in [0.1, 0.15) is 19.4 Å². The number of benzene rings is 1. The van der Waals surface area contributed by atoms with Gasteiger partial charge in [-0.1, -0.05) is 6.07 Å². The number of nitrogens with zero attached hydrogens (tertiary/aromatic N) is 1. The molecule has 10 heteroatoms. The number of amides is 2. The average Bonchev–Trinajstić information content (AvgIpc) is 2.93. The molecule has 1 atom stereocenters. The van der Waals surface area contributed by atoms with E-state index in [1.54, 1.807) is 31.2 Å². The molecule has 28 heavy (non-hydrogen) atoms. The number of hydrogen-bond donors (Lipinski definition) is 0. The molecule has 0 bridgehead atoms. The maximum absolute atomic E-state index is 12.5. The molecule has 2 rings (SSSR count). The summed E-state index contributed by atoms with van der Waals surface area (Å²) in [4.78, 5) is 48.7. The van der Waals surface area contributed by atoms with Crippen LogP contribution in [0, 0.1) is 3.57 Å². The number of halogens is 1. The minimum absolute atomic E-state index is 0.201. The highest BCUT2D eigenvalue weighted by Crippen LogP contribution is 2.34. The van der Waals surface area contributed by atoms with Gasteiger partial charge in [0.2, 0.25) is 0 Å². The Morgan fingerprint density at radius 1 is 1.32 bits per heavy atom. The Hall–Kier alpha value is -2.08. The summed E-state index contributed by atoms with van der Waals surface area (Å²) >= 11 is 2.80. The Balaban J connectivity index is 2.14. The number of rotatable bonds is 7. The summed E-state index contributed by atoms with van der Waals surface area (Å²) in [6, 6.07) is 4.11. The normalized spacial score (nSPS) is 16.3. The monoisotopic (exact) mass is 519 g/mol. The Kier molecular flexibility index (Phi) is 7.87. The predicted molar refractivity (Wildman–Crippen MR) is 111 cm³/mol. The molecule has 8 nitrogen and oxygen atoms in total. The number of carbonyl (C=O) groups is 4. The van der Waals surface area contributed by atoms with Crippen molar-refractivity contribution in [3.05, 3.63) is 32.2 Å². The lowest BCUT2D eigenvalue weighted by molar-refractivity contribution is -0.148. The van der Waals surface area contributed by atoms with E-state index < -0.39 is 29.1 Å². The van der Waals surface area contributed by atoms with Gasteiger partial charge in [-0.2, -0.15) is 0 Å². The van der Waals surface area contributed by atoms with E-state index in [9.17, 15) is 19.2 Å². The zero-order chi connectivity index (χ0) is 20.8. The Morgan fingerprint density at radius 2 is 2.04 bits per heavy atom. The fourth-order valence-corrected chi connectivity index (χ4v) is 3.91. The van der Waals surface area contributed by atoms with E-state index in [4.69, 9.17) is 9.47 Å². The predicted octanol–water partition coefficient (Wildman–Crippen LogP) is 2.83. The van der Waals surface area contributed by atoms with E-state index in [0.717, 1.165) is 20.2 Å². The van der Waals surface area contributed by atoms with Crippen LogP contribution >= 0.6 is 34.4 Å². The van der Waals surface area contributed by atoms with Crippen LogP contribution in [0.5, 0.6) is 5.75 Å². The van der Waals surface area contributed by atoms with E-state index in [1.807, 2.05) is 22.6 Å². The van der Waals surface area contributed by atoms with Crippen molar-refractivity contribution < 1.29 is 33.4 Å². The standard InChI is InChI=1S/C18H18INO7S/c1-4-26-15(21)9-27-13-6-5-11(7-12(13)19)8-14-16(22)20(18(24)28-14)10(2)17(23)25-3/h5-8,10H,4,9H2,1-3H3/b14-8+/t10-/m0/s1. The molecule has 1 saturated heterocycles. The summed E-state index contributed by atoms with van der Waals surface area (Å²) in [5.41, 5.74) is 0.670. The van der Waals surface area contributed by atoms with Crippen LogP contribution in [0.15, 0.2) is 23.1 Å². The molecule has 0 aliphatic carbocycles. The molecule has 1 fully saturated rings. The lowest BCUT2D eigenvalue weighted by Crippen LogP contribution is -2.42. The van der Waals surface area contributed by atoms with E-state index in [-0.39, 0.29) is 18.1 Å². The van der Waals surface area contributed by atoms with Crippen molar-refractivity contribution in [3.63, 3.8) is 0 Å². The van der Waals surface area contributed by atoms with Crippen molar-refractivity contribution in [2.24, 2.45) is 0 Å². The fourth-order valence-electron chi connectivity index (χ4n) is 2.30. The molecular weight excluding hydrogens is 501 g/mol. The van der Waals surface area contributed by atoms with Crippen LogP contribution in [0.2, 0.25) is 0 Å². The Morgan fingerprint density at radius 3 is 2.64 bits per heavy atom. The van der Waals surface area contributed by atoms with Crippen molar-refractivity contribution in [1.29, 1.82) is 0 Å². The van der Waals surface area contributed by atoms with Gasteiger partial charge >= 0.3 is 11.9 Å². The lowest BCUT2D eigenvalue weighted by atomic mass is 10.2. The number of esters is 2. The highest BCUT2D eigenvalue weighted by atomic mass is 127. The molecule has 0 aromatic heterocycles. The molecule has 1 heterocycles. The SMILES string of the molecule is CCOC(=O)COc1ccc(/C=C2/SC(=O)N([C@@H](C)C(=O)OC)C2=O)cc1I. The molecule has 0 saturated carbocycles. The van der Waals surface area contributed by atoms with Crippen LogP contribution in [0.4, 0.5) is 4.79 Å². The van der Waals surface area contributed by atoms with E-state index in [2.05, 4.69) is 4.74 Å². The van der Waals surface area contributed by atoms with E-state index >= 15 is 0 Å². The summed E-state index contributed by atoms with van der Waals surface area (Å²) in [6.07, 6.45) is 1.56. The third-order valence-corrected chi connectivity index (χ3v) is 5.38. The van der Waals surface area contributed by atoms with Gasteiger partial charge in [-0.15, -0.1) is 0 Å². The van der Waals surface area contributed by atoms with Crippen molar-refractivity contribution in [2.75, 3.05) is 20.3 Å². The second-order valence-corrected chi connectivity index (χ2v) is 7.69. The fraction of sp³-hybridized carbons (Fsp3) is 0.333. The highest BCUT2D eigenvalue weighted by molar-refractivity contribution is 14.1. The zero-order valence-electron chi connectivity index (χ0n) is 15.4. The van der Waals surface area contributed by atoms with Crippen LogP contribution in [0.3, 0.4) is 0 Å². The molecular formula is C18H18INO7S. The number of ether oxygens (including phenoxy) is 3. The van der Waals surface area contributed by atoms with Gasteiger partial charge in [-0.05, 0) is 72.0 Å². The quantitative estimate of drug-likeness (QED) is 0.308. The van der Waals surface area contributed by atoms with Crippen molar-refractivity contribution in [1.82, 2.24) is 4.90 Å². The molecule has 0 N–H and O–H groups in total. The Bertz CT molecular complexity index is 839. The number of hydrogen-bond acceptors (Lipinski definition) is 8. The van der Waals surface area contributed by atoms with Crippen LogP contribution in [-0.4, -0.2) is 54.4 Å². The third-order valence-electron chi connectivity index (χ3n) is 3.66. The molecule has 1 aliphatic heterocycles. The van der Waals surface area contributed by atoms with Gasteiger partial charge < -0.3 is 14.2 Å². The summed E-state index contributed by atoms with van der Waals surface area (Å²) in [5, 5.41) is -0.529. The topological polar surface area (TPSA) is 99.2 Å². The molecule has 150 valence electrons. The summed E-state index contributed by atoms with van der Waals surface area (Å²) in [5.74, 6) is -1.18. The van der Waals surface area contributed by atoms with Crippen molar-refractivity contribution >= 4 is 63.5 Å². The van der Waals surface area contributed by atoms with Gasteiger partial charge in [0.25, 0.3) is 11.1 Å². The van der Waals surface area contributed by atoms with Crippen LogP contribution in [-0.2, 0) is 23.9 Å². The summed E-state index contributed by atoms with van der Waals surface area (Å²) < 4.78 is 15.5. The number of methoxy groups -OCH3 is 1. The molecule has 0 unspecified atom stereocenters. The number of imide groups is 1. The lowest BCUT2D eigenvalue weighted by Gasteiger charge is -2.18. The second-order valence-electron chi connectivity index (χ2n) is 5.53. The first kappa shape index (κ1) is 22.2. The minimum Gasteiger partial charge on any atom is -0.481 e. The maximum Gasteiger partial charge on any atom is 0.344 e.